The van der Waals surface area contributed by atoms with Crippen LogP contribution in [0.2, 0.25) is 0 Å². The quantitative estimate of drug-likeness (QED) is 0.728. The largest absolute Gasteiger partial charge is 0.469 e. The first-order valence-electron chi connectivity index (χ1n) is 8.65. The first-order valence-corrected chi connectivity index (χ1v) is 8.65. The van der Waals surface area contributed by atoms with Gasteiger partial charge in [-0.05, 0) is 12.8 Å². The fraction of sp³-hybridized carbons (Fsp3) is 0.588. The minimum Gasteiger partial charge on any atom is -0.469 e. The SMILES string of the molecule is COC(=O)[C@@H]1CC(=O)N(C)[C@H]1C(=O)N1Cc2nc(C3CC3)[nH]c(=O)c2C1. The highest BCUT2D eigenvalue weighted by molar-refractivity contribution is 5.97. The van der Waals surface area contributed by atoms with Crippen molar-refractivity contribution in [1.82, 2.24) is 19.8 Å². The fourth-order valence-corrected chi connectivity index (χ4v) is 3.75. The van der Waals surface area contributed by atoms with Crippen LogP contribution in [0.3, 0.4) is 0 Å². The number of aromatic amines is 1. The number of hydrogen-bond donors (Lipinski definition) is 1. The van der Waals surface area contributed by atoms with Gasteiger partial charge in [0.15, 0.2) is 0 Å². The van der Waals surface area contributed by atoms with Crippen LogP contribution in [-0.2, 0) is 32.2 Å². The number of likely N-dealkylation sites (N-methyl/N-ethyl adjacent to an activating group) is 1. The van der Waals surface area contributed by atoms with Gasteiger partial charge in [0, 0.05) is 19.4 Å². The van der Waals surface area contributed by atoms with E-state index in [0.29, 0.717) is 23.0 Å². The Labute approximate surface area is 149 Å². The van der Waals surface area contributed by atoms with Gasteiger partial charge in [0.1, 0.15) is 11.9 Å². The molecule has 1 aromatic heterocycles. The third kappa shape index (κ3) is 2.58. The highest BCUT2D eigenvalue weighted by Crippen LogP contribution is 2.38. The maximum atomic E-state index is 13.0. The number of carbonyl (C=O) groups is 3. The molecule has 0 aromatic carbocycles. The molecule has 138 valence electrons. The Morgan fingerprint density at radius 1 is 1.23 bits per heavy atom. The number of aromatic nitrogens is 2. The van der Waals surface area contributed by atoms with Crippen molar-refractivity contribution in [3.63, 3.8) is 0 Å². The van der Waals surface area contributed by atoms with Crippen LogP contribution in [0.5, 0.6) is 0 Å². The van der Waals surface area contributed by atoms with Gasteiger partial charge in [-0.1, -0.05) is 0 Å². The van der Waals surface area contributed by atoms with Gasteiger partial charge in [-0.25, -0.2) is 4.98 Å². The summed E-state index contributed by atoms with van der Waals surface area (Å²) in [5.74, 6) is -1.06. The topological polar surface area (TPSA) is 113 Å². The van der Waals surface area contributed by atoms with Crippen LogP contribution in [0.1, 0.15) is 42.3 Å². The maximum absolute atomic E-state index is 13.0. The molecular formula is C17H20N4O5. The lowest BCUT2D eigenvalue weighted by Gasteiger charge is -2.27. The molecule has 2 atom stereocenters. The summed E-state index contributed by atoms with van der Waals surface area (Å²) in [5, 5.41) is 0. The summed E-state index contributed by atoms with van der Waals surface area (Å²) in [6.07, 6.45) is 1.98. The average molecular weight is 360 g/mol. The van der Waals surface area contributed by atoms with Crippen molar-refractivity contribution in [2.75, 3.05) is 14.2 Å². The normalized spacial score (nSPS) is 24.8. The van der Waals surface area contributed by atoms with E-state index in [2.05, 4.69) is 9.97 Å². The molecule has 3 heterocycles. The minimum absolute atomic E-state index is 0.0506. The van der Waals surface area contributed by atoms with Crippen LogP contribution < -0.4 is 5.56 Å². The molecule has 0 spiro atoms. The number of nitrogens with one attached hydrogen (secondary N) is 1. The molecule has 2 amide bonds. The summed E-state index contributed by atoms with van der Waals surface area (Å²) in [7, 11) is 2.74. The molecule has 1 aromatic rings. The number of methoxy groups -OCH3 is 1. The van der Waals surface area contributed by atoms with E-state index in [1.165, 1.54) is 24.0 Å². The van der Waals surface area contributed by atoms with Crippen molar-refractivity contribution in [2.45, 2.75) is 44.3 Å². The van der Waals surface area contributed by atoms with Gasteiger partial charge in [-0.15, -0.1) is 0 Å². The first-order chi connectivity index (χ1) is 12.4. The van der Waals surface area contributed by atoms with Crippen molar-refractivity contribution in [3.05, 3.63) is 27.4 Å². The zero-order valence-electron chi connectivity index (χ0n) is 14.7. The predicted octanol–water partition coefficient (Wildman–Crippen LogP) is -0.491. The molecule has 9 nitrogen and oxygen atoms in total. The molecule has 2 fully saturated rings. The lowest BCUT2D eigenvalue weighted by Crippen LogP contribution is -2.47. The second-order valence-electron chi connectivity index (χ2n) is 7.13. The van der Waals surface area contributed by atoms with E-state index < -0.39 is 17.9 Å². The van der Waals surface area contributed by atoms with Crippen LogP contribution in [0.25, 0.3) is 0 Å². The molecule has 26 heavy (non-hydrogen) atoms. The standard InChI is InChI=1S/C17H20N4O5/c1-20-12(22)5-9(17(25)26-2)13(20)16(24)21-6-10-11(7-21)18-14(8-3-4-8)19-15(10)23/h8-9,13H,3-7H2,1-2H3,(H,18,19,23)/t9-,13-/m1/s1. The molecular weight excluding hydrogens is 340 g/mol. The lowest BCUT2D eigenvalue weighted by molar-refractivity contribution is -0.151. The van der Waals surface area contributed by atoms with E-state index in [0.717, 1.165) is 12.8 Å². The monoisotopic (exact) mass is 360 g/mol. The number of nitrogens with zero attached hydrogens (tertiary/aromatic N) is 3. The number of H-pyrrole nitrogens is 1. The van der Waals surface area contributed by atoms with E-state index in [1.807, 2.05) is 0 Å². The Balaban J connectivity index is 1.58. The molecule has 4 rings (SSSR count). The van der Waals surface area contributed by atoms with Gasteiger partial charge in [-0.3, -0.25) is 19.2 Å². The average Bonchev–Trinajstić information content (AvgIpc) is 3.31. The van der Waals surface area contributed by atoms with Gasteiger partial charge >= 0.3 is 5.97 Å². The van der Waals surface area contributed by atoms with Crippen LogP contribution in [0.4, 0.5) is 0 Å². The number of fused-ring (bicyclic) bond motifs is 1. The molecule has 1 N–H and O–H groups in total. The summed E-state index contributed by atoms with van der Waals surface area (Å²) < 4.78 is 4.75. The van der Waals surface area contributed by atoms with E-state index in [1.54, 1.807) is 0 Å². The van der Waals surface area contributed by atoms with Gasteiger partial charge in [-0.2, -0.15) is 0 Å². The van der Waals surface area contributed by atoms with E-state index in [4.69, 9.17) is 4.74 Å². The van der Waals surface area contributed by atoms with Crippen molar-refractivity contribution in [2.24, 2.45) is 5.92 Å². The Morgan fingerprint density at radius 3 is 2.62 bits per heavy atom. The molecule has 1 saturated carbocycles. The molecule has 0 unspecified atom stereocenters. The number of ether oxygens (including phenoxy) is 1. The predicted molar refractivity (Wildman–Crippen MR) is 87.8 cm³/mol. The Morgan fingerprint density at radius 2 is 1.96 bits per heavy atom. The Hall–Kier alpha value is -2.71. The second kappa shape index (κ2) is 5.93. The molecule has 9 heteroatoms. The third-order valence-electron chi connectivity index (χ3n) is 5.43. The van der Waals surface area contributed by atoms with E-state index in [-0.39, 0.29) is 36.9 Å². The second-order valence-corrected chi connectivity index (χ2v) is 7.13. The molecule has 1 aliphatic carbocycles. The highest BCUT2D eigenvalue weighted by Gasteiger charge is 2.49. The number of rotatable bonds is 3. The molecule has 3 aliphatic rings. The van der Waals surface area contributed by atoms with E-state index in [9.17, 15) is 19.2 Å². The van der Waals surface area contributed by atoms with E-state index >= 15 is 0 Å². The summed E-state index contributed by atoms with van der Waals surface area (Å²) in [4.78, 5) is 59.5. The summed E-state index contributed by atoms with van der Waals surface area (Å²) in [5.41, 5.74) is 0.863. The molecule has 0 radical (unpaired) electrons. The van der Waals surface area contributed by atoms with Gasteiger partial charge in [0.05, 0.1) is 37.4 Å². The van der Waals surface area contributed by atoms with Crippen molar-refractivity contribution < 1.29 is 19.1 Å². The summed E-state index contributed by atoms with van der Waals surface area (Å²) in [6.45, 7) is 0.345. The smallest absolute Gasteiger partial charge is 0.311 e. The van der Waals surface area contributed by atoms with Crippen LogP contribution in [-0.4, -0.2) is 57.8 Å². The number of carbonyl (C=O) groups excluding carboxylic acids is 3. The number of esters is 1. The summed E-state index contributed by atoms with van der Waals surface area (Å²) >= 11 is 0. The first kappa shape index (κ1) is 16.7. The fourth-order valence-electron chi connectivity index (χ4n) is 3.75. The van der Waals surface area contributed by atoms with Crippen molar-refractivity contribution in [1.29, 1.82) is 0 Å². The summed E-state index contributed by atoms with van der Waals surface area (Å²) in [6, 6.07) is -0.911. The van der Waals surface area contributed by atoms with Gasteiger partial charge in [0.25, 0.3) is 5.56 Å². The van der Waals surface area contributed by atoms with Crippen LogP contribution in [0, 0.1) is 5.92 Å². The highest BCUT2D eigenvalue weighted by atomic mass is 16.5. The third-order valence-corrected chi connectivity index (χ3v) is 5.43. The van der Waals surface area contributed by atoms with Crippen molar-refractivity contribution in [3.8, 4) is 0 Å². The Bertz CT molecular complexity index is 859. The van der Waals surface area contributed by atoms with Gasteiger partial charge < -0.3 is 19.5 Å². The number of hydrogen-bond acceptors (Lipinski definition) is 6. The molecule has 1 saturated heterocycles. The van der Waals surface area contributed by atoms with Crippen LogP contribution >= 0.6 is 0 Å². The maximum Gasteiger partial charge on any atom is 0.311 e. The lowest BCUT2D eigenvalue weighted by atomic mass is 9.99. The van der Waals surface area contributed by atoms with Crippen molar-refractivity contribution >= 4 is 17.8 Å². The zero-order chi connectivity index (χ0) is 18.6. The zero-order valence-corrected chi connectivity index (χ0v) is 14.7. The Kier molecular flexibility index (Phi) is 3.82. The molecule has 0 bridgehead atoms. The minimum atomic E-state index is -0.911. The van der Waals surface area contributed by atoms with Crippen LogP contribution in [0.15, 0.2) is 4.79 Å². The number of amides is 2. The molecule has 2 aliphatic heterocycles. The number of likely N-dealkylation sites (tertiary alicyclic amines) is 1. The van der Waals surface area contributed by atoms with Gasteiger partial charge in [0.2, 0.25) is 11.8 Å².